The van der Waals surface area contributed by atoms with Gasteiger partial charge < -0.3 is 9.84 Å². The standard InChI is InChI=1S/C12H20N2O2/c1-9-8-13-14(10(9)2)11-4-6-12(15,16-3)7-5-11/h8,11,15H,4-7H2,1-3H3. The summed E-state index contributed by atoms with van der Waals surface area (Å²) < 4.78 is 7.21. The van der Waals surface area contributed by atoms with Gasteiger partial charge in [-0.25, -0.2) is 0 Å². The average Bonchev–Trinajstić information content (AvgIpc) is 2.62. The van der Waals surface area contributed by atoms with E-state index in [4.69, 9.17) is 4.74 Å². The zero-order valence-corrected chi connectivity index (χ0v) is 10.2. The maximum Gasteiger partial charge on any atom is 0.165 e. The lowest BCUT2D eigenvalue weighted by Crippen LogP contribution is -2.36. The molecule has 2 rings (SSSR count). The lowest BCUT2D eigenvalue weighted by Gasteiger charge is -2.35. The first kappa shape index (κ1) is 11.6. The van der Waals surface area contributed by atoms with Gasteiger partial charge in [0.25, 0.3) is 0 Å². The van der Waals surface area contributed by atoms with E-state index in [-0.39, 0.29) is 0 Å². The number of methoxy groups -OCH3 is 1. The quantitative estimate of drug-likeness (QED) is 0.781. The molecule has 90 valence electrons. The van der Waals surface area contributed by atoms with Gasteiger partial charge in [0.15, 0.2) is 5.79 Å². The van der Waals surface area contributed by atoms with Gasteiger partial charge in [0.1, 0.15) is 0 Å². The molecule has 16 heavy (non-hydrogen) atoms. The molecule has 0 amide bonds. The zero-order valence-electron chi connectivity index (χ0n) is 10.2. The average molecular weight is 224 g/mol. The third kappa shape index (κ3) is 1.99. The summed E-state index contributed by atoms with van der Waals surface area (Å²) in [5.41, 5.74) is 2.46. The molecule has 0 spiro atoms. The topological polar surface area (TPSA) is 47.3 Å². The van der Waals surface area contributed by atoms with Crippen LogP contribution in [0.25, 0.3) is 0 Å². The lowest BCUT2D eigenvalue weighted by molar-refractivity contribution is -0.207. The number of aryl methyl sites for hydroxylation is 1. The van der Waals surface area contributed by atoms with Crippen LogP contribution in [0.15, 0.2) is 6.20 Å². The van der Waals surface area contributed by atoms with Crippen molar-refractivity contribution in [2.45, 2.75) is 51.4 Å². The Morgan fingerprint density at radius 2 is 2.06 bits per heavy atom. The summed E-state index contributed by atoms with van der Waals surface area (Å²) in [5.74, 6) is -0.910. The van der Waals surface area contributed by atoms with E-state index in [0.717, 1.165) is 12.8 Å². The molecule has 1 N–H and O–H groups in total. The first-order valence-corrected chi connectivity index (χ1v) is 5.84. The number of hydrogen-bond donors (Lipinski definition) is 1. The predicted molar refractivity (Wildman–Crippen MR) is 61.2 cm³/mol. The second-order valence-electron chi connectivity index (χ2n) is 4.74. The maximum atomic E-state index is 9.97. The summed E-state index contributed by atoms with van der Waals surface area (Å²) in [6, 6.07) is 0.407. The van der Waals surface area contributed by atoms with E-state index < -0.39 is 5.79 Å². The molecule has 1 fully saturated rings. The van der Waals surface area contributed by atoms with E-state index in [0.29, 0.717) is 18.9 Å². The van der Waals surface area contributed by atoms with Crippen molar-refractivity contribution in [2.24, 2.45) is 0 Å². The lowest BCUT2D eigenvalue weighted by atomic mass is 9.90. The molecule has 0 aromatic carbocycles. The Morgan fingerprint density at radius 1 is 1.44 bits per heavy atom. The number of aliphatic hydroxyl groups is 1. The van der Waals surface area contributed by atoms with Gasteiger partial charge in [-0.3, -0.25) is 4.68 Å². The number of hydrogen-bond acceptors (Lipinski definition) is 3. The molecule has 1 saturated carbocycles. The van der Waals surface area contributed by atoms with Crippen molar-refractivity contribution in [2.75, 3.05) is 7.11 Å². The Hall–Kier alpha value is -0.870. The highest BCUT2D eigenvalue weighted by Gasteiger charge is 2.34. The van der Waals surface area contributed by atoms with Crippen molar-refractivity contribution < 1.29 is 9.84 Å². The van der Waals surface area contributed by atoms with Gasteiger partial charge in [-0.2, -0.15) is 5.10 Å². The molecule has 1 aliphatic rings. The Morgan fingerprint density at radius 3 is 2.50 bits per heavy atom. The van der Waals surface area contributed by atoms with Crippen LogP contribution in [0.2, 0.25) is 0 Å². The van der Waals surface area contributed by atoms with Gasteiger partial charge in [0.05, 0.1) is 12.2 Å². The molecule has 1 aliphatic carbocycles. The molecular formula is C12H20N2O2. The van der Waals surface area contributed by atoms with Crippen LogP contribution in [-0.4, -0.2) is 27.8 Å². The number of ether oxygens (including phenoxy) is 1. The highest BCUT2D eigenvalue weighted by molar-refractivity contribution is 5.14. The van der Waals surface area contributed by atoms with E-state index >= 15 is 0 Å². The molecule has 0 atom stereocenters. The van der Waals surface area contributed by atoms with Crippen molar-refractivity contribution in [3.63, 3.8) is 0 Å². The molecule has 4 heteroatoms. The predicted octanol–water partition coefficient (Wildman–Crippen LogP) is 1.95. The third-order valence-corrected chi connectivity index (χ3v) is 3.75. The minimum atomic E-state index is -0.910. The van der Waals surface area contributed by atoms with Crippen molar-refractivity contribution >= 4 is 0 Å². The van der Waals surface area contributed by atoms with E-state index in [1.807, 2.05) is 6.20 Å². The van der Waals surface area contributed by atoms with Crippen LogP contribution in [0.4, 0.5) is 0 Å². The highest BCUT2D eigenvalue weighted by Crippen LogP contribution is 2.35. The van der Waals surface area contributed by atoms with Crippen LogP contribution < -0.4 is 0 Å². The van der Waals surface area contributed by atoms with Gasteiger partial charge in [0.2, 0.25) is 0 Å². The van der Waals surface area contributed by atoms with Gasteiger partial charge in [-0.1, -0.05) is 0 Å². The molecule has 0 radical (unpaired) electrons. The number of rotatable bonds is 2. The normalized spacial score (nSPS) is 30.6. The summed E-state index contributed by atoms with van der Waals surface area (Å²) in [4.78, 5) is 0. The summed E-state index contributed by atoms with van der Waals surface area (Å²) in [5, 5.41) is 14.4. The summed E-state index contributed by atoms with van der Waals surface area (Å²) in [6.45, 7) is 4.17. The molecule has 1 aromatic rings. The van der Waals surface area contributed by atoms with Crippen LogP contribution >= 0.6 is 0 Å². The van der Waals surface area contributed by atoms with Crippen molar-refractivity contribution in [3.05, 3.63) is 17.5 Å². The molecule has 0 bridgehead atoms. The van der Waals surface area contributed by atoms with Gasteiger partial charge in [-0.05, 0) is 32.3 Å². The molecule has 1 aromatic heterocycles. The Kier molecular flexibility index (Phi) is 3.04. The molecule has 1 heterocycles. The van der Waals surface area contributed by atoms with Crippen LogP contribution in [0.5, 0.6) is 0 Å². The fourth-order valence-electron chi connectivity index (χ4n) is 2.38. The fraction of sp³-hybridized carbons (Fsp3) is 0.750. The van der Waals surface area contributed by atoms with Gasteiger partial charge in [-0.15, -0.1) is 0 Å². The second-order valence-corrected chi connectivity index (χ2v) is 4.74. The SMILES string of the molecule is COC1(O)CCC(n2ncc(C)c2C)CC1. The second kappa shape index (κ2) is 4.18. The zero-order chi connectivity index (χ0) is 11.8. The third-order valence-electron chi connectivity index (χ3n) is 3.75. The number of aromatic nitrogens is 2. The first-order chi connectivity index (χ1) is 7.56. The van der Waals surface area contributed by atoms with E-state index in [2.05, 4.69) is 23.6 Å². The smallest absolute Gasteiger partial charge is 0.165 e. The Labute approximate surface area is 96.2 Å². The molecule has 0 saturated heterocycles. The van der Waals surface area contributed by atoms with Crippen molar-refractivity contribution in [1.82, 2.24) is 9.78 Å². The highest BCUT2D eigenvalue weighted by atomic mass is 16.6. The largest absolute Gasteiger partial charge is 0.365 e. The molecule has 0 unspecified atom stereocenters. The summed E-state index contributed by atoms with van der Waals surface area (Å²) >= 11 is 0. The minimum Gasteiger partial charge on any atom is -0.365 e. The fourth-order valence-corrected chi connectivity index (χ4v) is 2.38. The van der Waals surface area contributed by atoms with E-state index in [1.54, 1.807) is 7.11 Å². The summed E-state index contributed by atoms with van der Waals surface area (Å²) in [6.07, 6.45) is 5.13. The van der Waals surface area contributed by atoms with Crippen LogP contribution in [0, 0.1) is 13.8 Å². The first-order valence-electron chi connectivity index (χ1n) is 5.84. The minimum absolute atomic E-state index is 0.407. The van der Waals surface area contributed by atoms with Crippen LogP contribution in [0.3, 0.4) is 0 Å². The van der Waals surface area contributed by atoms with E-state index in [1.165, 1.54) is 11.3 Å². The Bertz CT molecular complexity index is 365. The molecule has 0 aliphatic heterocycles. The van der Waals surface area contributed by atoms with Crippen molar-refractivity contribution in [3.8, 4) is 0 Å². The molecular weight excluding hydrogens is 204 g/mol. The Balaban J connectivity index is 2.07. The maximum absolute atomic E-state index is 9.97. The monoisotopic (exact) mass is 224 g/mol. The van der Waals surface area contributed by atoms with Crippen LogP contribution in [0.1, 0.15) is 43.0 Å². The van der Waals surface area contributed by atoms with Gasteiger partial charge >= 0.3 is 0 Å². The molecule has 4 nitrogen and oxygen atoms in total. The van der Waals surface area contributed by atoms with Crippen molar-refractivity contribution in [1.29, 1.82) is 0 Å². The van der Waals surface area contributed by atoms with E-state index in [9.17, 15) is 5.11 Å². The summed E-state index contributed by atoms with van der Waals surface area (Å²) in [7, 11) is 1.57. The van der Waals surface area contributed by atoms with Gasteiger partial charge in [0, 0.05) is 25.6 Å². The van der Waals surface area contributed by atoms with Crippen LogP contribution in [-0.2, 0) is 4.74 Å². The number of nitrogens with zero attached hydrogens (tertiary/aromatic N) is 2.